The van der Waals surface area contributed by atoms with Gasteiger partial charge in [0, 0.05) is 18.8 Å². The number of esters is 1. The Balaban J connectivity index is 2.14. The predicted molar refractivity (Wildman–Crippen MR) is 79.6 cm³/mol. The summed E-state index contributed by atoms with van der Waals surface area (Å²) in [6.45, 7) is 1.99. The summed E-state index contributed by atoms with van der Waals surface area (Å²) >= 11 is 0. The molecule has 7 nitrogen and oxygen atoms in total. The topological polar surface area (TPSA) is 93.5 Å². The number of nitrogens with one attached hydrogen (secondary N) is 1. The van der Waals surface area contributed by atoms with Gasteiger partial charge in [-0.1, -0.05) is 12.1 Å². The Morgan fingerprint density at radius 2 is 2.18 bits per heavy atom. The van der Waals surface area contributed by atoms with E-state index in [1.54, 1.807) is 38.4 Å². The van der Waals surface area contributed by atoms with E-state index >= 15 is 0 Å². The van der Waals surface area contributed by atoms with E-state index in [9.17, 15) is 14.7 Å². The highest BCUT2D eigenvalue weighted by Gasteiger charge is 2.15. The zero-order valence-electron chi connectivity index (χ0n) is 12.4. The molecule has 2 rings (SSSR count). The van der Waals surface area contributed by atoms with Crippen molar-refractivity contribution < 1.29 is 19.4 Å². The van der Waals surface area contributed by atoms with Crippen LogP contribution in [0.25, 0.3) is 0 Å². The minimum absolute atomic E-state index is 0.0592. The zero-order chi connectivity index (χ0) is 16.1. The number of carbonyl (C=O) groups excluding carboxylic acids is 2. The van der Waals surface area contributed by atoms with Crippen molar-refractivity contribution in [1.82, 2.24) is 9.78 Å². The molecule has 22 heavy (non-hydrogen) atoms. The molecule has 7 heteroatoms. The fourth-order valence-electron chi connectivity index (χ4n) is 1.94. The molecule has 0 saturated heterocycles. The number of carbonyl (C=O) groups is 2. The summed E-state index contributed by atoms with van der Waals surface area (Å²) in [6, 6.07) is 4.80. The molecule has 0 spiro atoms. The van der Waals surface area contributed by atoms with Gasteiger partial charge >= 0.3 is 5.97 Å². The van der Waals surface area contributed by atoms with Gasteiger partial charge in [-0.25, -0.2) is 0 Å². The number of aromatic nitrogens is 2. The minimum Gasteiger partial charge on any atom is -0.505 e. The highest BCUT2D eigenvalue weighted by molar-refractivity contribution is 6.04. The lowest BCUT2D eigenvalue weighted by atomic mass is 10.1. The maximum absolute atomic E-state index is 12.0. The third kappa shape index (κ3) is 3.63. The number of amides is 1. The molecular weight excluding hydrogens is 286 g/mol. The van der Waals surface area contributed by atoms with E-state index in [1.807, 2.05) is 0 Å². The molecule has 1 aromatic heterocycles. The number of aromatic hydroxyl groups is 1. The van der Waals surface area contributed by atoms with Crippen molar-refractivity contribution in [1.29, 1.82) is 0 Å². The number of ether oxygens (including phenoxy) is 1. The first-order chi connectivity index (χ1) is 10.5. The maximum Gasteiger partial charge on any atom is 0.310 e. The van der Waals surface area contributed by atoms with Gasteiger partial charge < -0.3 is 15.2 Å². The average Bonchev–Trinajstić information content (AvgIpc) is 2.90. The van der Waals surface area contributed by atoms with E-state index in [0.29, 0.717) is 11.1 Å². The van der Waals surface area contributed by atoms with E-state index in [0.717, 1.165) is 0 Å². The van der Waals surface area contributed by atoms with Gasteiger partial charge in [-0.2, -0.15) is 5.10 Å². The minimum atomic E-state index is -0.437. The van der Waals surface area contributed by atoms with Crippen LogP contribution in [-0.4, -0.2) is 33.4 Å². The monoisotopic (exact) mass is 303 g/mol. The lowest BCUT2D eigenvalue weighted by Gasteiger charge is -2.10. The van der Waals surface area contributed by atoms with Crippen molar-refractivity contribution in [3.05, 3.63) is 41.7 Å². The van der Waals surface area contributed by atoms with E-state index < -0.39 is 11.9 Å². The number of anilines is 1. The van der Waals surface area contributed by atoms with Crippen LogP contribution in [0.3, 0.4) is 0 Å². The standard InChI is InChI=1S/C15H17N3O4/c1-3-22-13(19)7-10-5-4-6-12(14(10)20)17-15(21)11-8-16-18(2)9-11/h4-6,8-9,20H,3,7H2,1-2H3,(H,17,21). The second kappa shape index (κ2) is 6.75. The van der Waals surface area contributed by atoms with E-state index in [2.05, 4.69) is 10.4 Å². The van der Waals surface area contributed by atoms with E-state index in [4.69, 9.17) is 4.74 Å². The first kappa shape index (κ1) is 15.6. The van der Waals surface area contributed by atoms with Crippen molar-refractivity contribution in [2.75, 3.05) is 11.9 Å². The molecule has 0 unspecified atom stereocenters. The third-order valence-corrected chi connectivity index (χ3v) is 2.97. The highest BCUT2D eigenvalue weighted by Crippen LogP contribution is 2.28. The fraction of sp³-hybridized carbons (Fsp3) is 0.267. The van der Waals surface area contributed by atoms with Crippen LogP contribution in [-0.2, 0) is 23.0 Å². The summed E-state index contributed by atoms with van der Waals surface area (Å²) in [5.41, 5.74) is 0.996. The zero-order valence-corrected chi connectivity index (χ0v) is 12.4. The summed E-state index contributed by atoms with van der Waals surface area (Å²) < 4.78 is 6.35. The predicted octanol–water partition coefficient (Wildman–Crippen LogP) is 1.48. The first-order valence-corrected chi connectivity index (χ1v) is 6.77. The van der Waals surface area contributed by atoms with Crippen molar-refractivity contribution in [2.45, 2.75) is 13.3 Å². The molecular formula is C15H17N3O4. The summed E-state index contributed by atoms with van der Waals surface area (Å²) in [6.07, 6.45) is 2.93. The Morgan fingerprint density at radius 3 is 2.82 bits per heavy atom. The van der Waals surface area contributed by atoms with E-state index in [-0.39, 0.29) is 24.5 Å². The van der Waals surface area contributed by atoms with E-state index in [1.165, 1.54) is 10.9 Å². The van der Waals surface area contributed by atoms with Crippen LogP contribution in [0, 0.1) is 0 Å². The quantitative estimate of drug-likeness (QED) is 0.644. The highest BCUT2D eigenvalue weighted by atomic mass is 16.5. The van der Waals surface area contributed by atoms with Gasteiger partial charge in [0.05, 0.1) is 30.5 Å². The molecule has 0 aliphatic rings. The molecule has 0 saturated carbocycles. The number of para-hydroxylation sites is 1. The second-order valence-corrected chi connectivity index (χ2v) is 4.65. The molecule has 2 aromatic rings. The van der Waals surface area contributed by atoms with Crippen molar-refractivity contribution >= 4 is 17.6 Å². The number of benzene rings is 1. The van der Waals surface area contributed by atoms with Crippen LogP contribution >= 0.6 is 0 Å². The summed E-state index contributed by atoms with van der Waals surface area (Å²) in [7, 11) is 1.70. The van der Waals surface area contributed by atoms with Gasteiger partial charge in [-0.15, -0.1) is 0 Å². The van der Waals surface area contributed by atoms with Gasteiger partial charge in [0.15, 0.2) is 0 Å². The lowest BCUT2D eigenvalue weighted by Crippen LogP contribution is -2.12. The molecule has 0 fully saturated rings. The molecule has 1 aromatic carbocycles. The largest absolute Gasteiger partial charge is 0.505 e. The van der Waals surface area contributed by atoms with Crippen molar-refractivity contribution in [2.24, 2.45) is 7.05 Å². The van der Waals surface area contributed by atoms with Crippen LogP contribution < -0.4 is 5.32 Å². The van der Waals surface area contributed by atoms with Crippen molar-refractivity contribution in [3.8, 4) is 5.75 Å². The Kier molecular flexibility index (Phi) is 4.77. The third-order valence-electron chi connectivity index (χ3n) is 2.97. The van der Waals surface area contributed by atoms with Gasteiger partial charge in [-0.05, 0) is 13.0 Å². The molecule has 0 aliphatic carbocycles. The van der Waals surface area contributed by atoms with Crippen LogP contribution in [0.2, 0.25) is 0 Å². The lowest BCUT2D eigenvalue weighted by molar-refractivity contribution is -0.142. The molecule has 0 atom stereocenters. The van der Waals surface area contributed by atoms with Crippen LogP contribution in [0.1, 0.15) is 22.8 Å². The molecule has 116 valence electrons. The maximum atomic E-state index is 12.0. The Bertz CT molecular complexity index is 694. The number of hydrogen-bond acceptors (Lipinski definition) is 5. The van der Waals surface area contributed by atoms with Gasteiger partial charge in [0.2, 0.25) is 0 Å². The number of phenolic OH excluding ortho intramolecular Hbond substituents is 1. The van der Waals surface area contributed by atoms with Gasteiger partial charge in [-0.3, -0.25) is 14.3 Å². The normalized spacial score (nSPS) is 10.3. The Morgan fingerprint density at radius 1 is 1.41 bits per heavy atom. The second-order valence-electron chi connectivity index (χ2n) is 4.65. The molecule has 1 amide bonds. The number of phenols is 1. The Hall–Kier alpha value is -2.83. The van der Waals surface area contributed by atoms with Gasteiger partial charge in [0.1, 0.15) is 5.75 Å². The number of hydrogen-bond donors (Lipinski definition) is 2. The molecule has 1 heterocycles. The summed E-state index contributed by atoms with van der Waals surface area (Å²) in [5, 5.41) is 16.7. The summed E-state index contributed by atoms with van der Waals surface area (Å²) in [4.78, 5) is 23.5. The van der Waals surface area contributed by atoms with Gasteiger partial charge in [0.25, 0.3) is 5.91 Å². The molecule has 0 radical (unpaired) electrons. The number of nitrogens with zero attached hydrogens (tertiary/aromatic N) is 2. The number of rotatable bonds is 5. The van der Waals surface area contributed by atoms with Crippen LogP contribution in [0.4, 0.5) is 5.69 Å². The van der Waals surface area contributed by atoms with Crippen LogP contribution in [0.15, 0.2) is 30.6 Å². The summed E-state index contributed by atoms with van der Waals surface area (Å²) in [5.74, 6) is -0.974. The number of aryl methyl sites for hydroxylation is 1. The van der Waals surface area contributed by atoms with Crippen molar-refractivity contribution in [3.63, 3.8) is 0 Å². The molecule has 0 bridgehead atoms. The first-order valence-electron chi connectivity index (χ1n) is 6.77. The Labute approximate surface area is 127 Å². The average molecular weight is 303 g/mol. The molecule has 2 N–H and O–H groups in total. The fourth-order valence-corrected chi connectivity index (χ4v) is 1.94. The smallest absolute Gasteiger partial charge is 0.310 e. The molecule has 0 aliphatic heterocycles. The van der Waals surface area contributed by atoms with Crippen LogP contribution in [0.5, 0.6) is 5.75 Å². The SMILES string of the molecule is CCOC(=O)Cc1cccc(NC(=O)c2cnn(C)c2)c1O.